The lowest BCUT2D eigenvalue weighted by Crippen LogP contribution is -2.40. The lowest BCUT2D eigenvalue weighted by Gasteiger charge is -2.26. The van der Waals surface area contributed by atoms with Crippen molar-refractivity contribution in [3.8, 4) is 0 Å². The van der Waals surface area contributed by atoms with Gasteiger partial charge in [-0.3, -0.25) is 0 Å². The fraction of sp³-hybridized carbons (Fsp3) is 0.533. The van der Waals surface area contributed by atoms with Crippen LogP contribution in [0.3, 0.4) is 0 Å². The maximum atomic E-state index is 12.4. The summed E-state index contributed by atoms with van der Waals surface area (Å²) < 4.78 is 0. The van der Waals surface area contributed by atoms with Gasteiger partial charge in [0.25, 0.3) is 0 Å². The van der Waals surface area contributed by atoms with Crippen molar-refractivity contribution < 1.29 is 9.90 Å². The van der Waals surface area contributed by atoms with Crippen molar-refractivity contribution in [1.82, 2.24) is 4.90 Å². The number of carbonyl (C=O) groups is 1. The highest BCUT2D eigenvalue weighted by molar-refractivity contribution is 6.33. The first-order chi connectivity index (χ1) is 9.49. The molecule has 110 valence electrons. The maximum absolute atomic E-state index is 12.4. The highest BCUT2D eigenvalue weighted by Gasteiger charge is 2.29. The van der Waals surface area contributed by atoms with Crippen LogP contribution in [0.15, 0.2) is 18.2 Å². The van der Waals surface area contributed by atoms with Gasteiger partial charge >= 0.3 is 6.03 Å². The molecule has 1 aromatic rings. The summed E-state index contributed by atoms with van der Waals surface area (Å²) in [7, 11) is 0. The van der Waals surface area contributed by atoms with E-state index in [9.17, 15) is 9.90 Å². The van der Waals surface area contributed by atoms with Crippen molar-refractivity contribution in [3.63, 3.8) is 0 Å². The lowest BCUT2D eigenvalue weighted by molar-refractivity contribution is 0.142. The van der Waals surface area contributed by atoms with Gasteiger partial charge in [0, 0.05) is 12.6 Å². The first-order valence-corrected chi connectivity index (χ1v) is 7.37. The summed E-state index contributed by atoms with van der Waals surface area (Å²) in [5.74, 6) is 0. The molecule has 0 saturated carbocycles. The molecule has 0 aromatic heterocycles. The van der Waals surface area contributed by atoms with Gasteiger partial charge in [0.15, 0.2) is 0 Å². The van der Waals surface area contributed by atoms with E-state index in [4.69, 9.17) is 11.6 Å². The molecule has 4 nitrogen and oxygen atoms in total. The van der Waals surface area contributed by atoms with Gasteiger partial charge in [0.05, 0.1) is 16.8 Å². The van der Waals surface area contributed by atoms with Crippen LogP contribution in [0.2, 0.25) is 5.02 Å². The van der Waals surface area contributed by atoms with E-state index in [1.165, 1.54) is 0 Å². The normalized spacial score (nSPS) is 20.0. The Morgan fingerprint density at radius 2 is 2.35 bits per heavy atom. The summed E-state index contributed by atoms with van der Waals surface area (Å²) in [4.78, 5) is 14.2. The molecule has 0 radical (unpaired) electrons. The number of halogens is 1. The van der Waals surface area contributed by atoms with Crippen molar-refractivity contribution in [2.45, 2.75) is 45.3 Å². The number of likely N-dealkylation sites (tertiary alicyclic amines) is 1. The smallest absolute Gasteiger partial charge is 0.322 e. The van der Waals surface area contributed by atoms with Crippen LogP contribution in [0.1, 0.15) is 31.7 Å². The number of amides is 2. The largest absolute Gasteiger partial charge is 0.393 e. The van der Waals surface area contributed by atoms with E-state index in [0.29, 0.717) is 17.1 Å². The second-order valence-electron chi connectivity index (χ2n) is 5.44. The molecule has 1 aliphatic heterocycles. The Balaban J connectivity index is 2.08. The predicted molar refractivity (Wildman–Crippen MR) is 81.2 cm³/mol. The van der Waals surface area contributed by atoms with Gasteiger partial charge in [0.1, 0.15) is 0 Å². The van der Waals surface area contributed by atoms with Crippen LogP contribution in [-0.2, 0) is 0 Å². The van der Waals surface area contributed by atoms with Crippen LogP contribution < -0.4 is 5.32 Å². The zero-order valence-electron chi connectivity index (χ0n) is 11.9. The number of nitrogens with zero attached hydrogens (tertiary/aromatic N) is 1. The number of urea groups is 1. The van der Waals surface area contributed by atoms with Crippen molar-refractivity contribution >= 4 is 23.3 Å². The Morgan fingerprint density at radius 3 is 3.00 bits per heavy atom. The van der Waals surface area contributed by atoms with E-state index >= 15 is 0 Å². The number of nitrogens with one attached hydrogen (secondary N) is 1. The van der Waals surface area contributed by atoms with Crippen molar-refractivity contribution in [3.05, 3.63) is 28.8 Å². The third-order valence-corrected chi connectivity index (χ3v) is 4.02. The van der Waals surface area contributed by atoms with E-state index in [0.717, 1.165) is 24.9 Å². The summed E-state index contributed by atoms with van der Waals surface area (Å²) in [6.07, 6.45) is 2.15. The van der Waals surface area contributed by atoms with Crippen LogP contribution in [-0.4, -0.2) is 34.7 Å². The maximum Gasteiger partial charge on any atom is 0.322 e. The lowest BCUT2D eigenvalue weighted by atomic mass is 10.1. The van der Waals surface area contributed by atoms with Crippen LogP contribution in [0, 0.1) is 6.92 Å². The molecule has 0 bridgehead atoms. The molecule has 1 fully saturated rings. The molecular weight excluding hydrogens is 276 g/mol. The molecule has 2 atom stereocenters. The van der Waals surface area contributed by atoms with Gasteiger partial charge in [-0.1, -0.05) is 23.7 Å². The minimum atomic E-state index is -0.393. The van der Waals surface area contributed by atoms with Crippen LogP contribution in [0.25, 0.3) is 0 Å². The second kappa shape index (κ2) is 6.46. The molecule has 5 heteroatoms. The van der Waals surface area contributed by atoms with Gasteiger partial charge < -0.3 is 15.3 Å². The predicted octanol–water partition coefficient (Wildman–Crippen LogP) is 3.42. The molecule has 2 amide bonds. The number of rotatable bonds is 3. The number of aryl methyl sites for hydroxylation is 1. The van der Waals surface area contributed by atoms with Gasteiger partial charge in [-0.05, 0) is 44.7 Å². The zero-order chi connectivity index (χ0) is 14.7. The Labute approximate surface area is 124 Å². The molecule has 2 rings (SSSR count). The molecule has 1 heterocycles. The Hall–Kier alpha value is -1.26. The quantitative estimate of drug-likeness (QED) is 0.898. The van der Waals surface area contributed by atoms with E-state index in [-0.39, 0.29) is 12.1 Å². The Morgan fingerprint density at radius 1 is 1.60 bits per heavy atom. The average Bonchev–Trinajstić information content (AvgIpc) is 2.81. The molecule has 1 aromatic carbocycles. The minimum absolute atomic E-state index is 0.109. The minimum Gasteiger partial charge on any atom is -0.393 e. The number of carbonyl (C=O) groups excluding carboxylic acids is 1. The molecule has 2 N–H and O–H groups in total. The average molecular weight is 297 g/mol. The topological polar surface area (TPSA) is 52.6 Å². The third kappa shape index (κ3) is 3.44. The Bertz CT molecular complexity index is 471. The van der Waals surface area contributed by atoms with Gasteiger partial charge in [-0.2, -0.15) is 0 Å². The summed E-state index contributed by atoms with van der Waals surface area (Å²) in [5.41, 5.74) is 1.61. The number of aliphatic hydroxyl groups is 1. The van der Waals surface area contributed by atoms with Crippen molar-refractivity contribution in [2.24, 2.45) is 0 Å². The molecular formula is C15H21ClN2O2. The van der Waals surface area contributed by atoms with E-state index in [2.05, 4.69) is 5.32 Å². The monoisotopic (exact) mass is 296 g/mol. The van der Waals surface area contributed by atoms with E-state index in [1.54, 1.807) is 17.9 Å². The molecule has 1 saturated heterocycles. The van der Waals surface area contributed by atoms with Gasteiger partial charge in [-0.25, -0.2) is 4.79 Å². The van der Waals surface area contributed by atoms with Crippen LogP contribution in [0.4, 0.5) is 10.5 Å². The first kappa shape index (κ1) is 15.1. The van der Waals surface area contributed by atoms with Crippen LogP contribution >= 0.6 is 11.6 Å². The SMILES string of the molecule is Cc1cccc(Cl)c1NC(=O)N1CCC[C@H]1C[C@@H](C)O. The number of benzene rings is 1. The van der Waals surface area contributed by atoms with Gasteiger partial charge in [0.2, 0.25) is 0 Å². The highest BCUT2D eigenvalue weighted by Crippen LogP contribution is 2.27. The number of hydrogen-bond donors (Lipinski definition) is 2. The summed E-state index contributed by atoms with van der Waals surface area (Å²) >= 11 is 6.13. The third-order valence-electron chi connectivity index (χ3n) is 3.71. The number of hydrogen-bond acceptors (Lipinski definition) is 2. The standard InChI is InChI=1S/C15H21ClN2O2/c1-10-5-3-7-13(16)14(10)17-15(20)18-8-4-6-12(18)9-11(2)19/h3,5,7,11-12,19H,4,6,8-9H2,1-2H3,(H,17,20)/t11-,12+/m1/s1. The van der Waals surface area contributed by atoms with E-state index in [1.807, 2.05) is 19.1 Å². The summed E-state index contributed by atoms with van der Waals surface area (Å²) in [6, 6.07) is 5.52. The van der Waals surface area contributed by atoms with Crippen LogP contribution in [0.5, 0.6) is 0 Å². The fourth-order valence-electron chi connectivity index (χ4n) is 2.71. The van der Waals surface area contributed by atoms with E-state index < -0.39 is 6.10 Å². The molecule has 20 heavy (non-hydrogen) atoms. The van der Waals surface area contributed by atoms with Gasteiger partial charge in [-0.15, -0.1) is 0 Å². The fourth-order valence-corrected chi connectivity index (χ4v) is 2.98. The molecule has 0 aliphatic carbocycles. The Kier molecular flexibility index (Phi) is 4.89. The molecule has 0 unspecified atom stereocenters. The zero-order valence-corrected chi connectivity index (χ0v) is 12.7. The summed E-state index contributed by atoms with van der Waals surface area (Å²) in [6.45, 7) is 4.40. The molecule has 1 aliphatic rings. The number of aliphatic hydroxyl groups excluding tert-OH is 1. The number of anilines is 1. The highest BCUT2D eigenvalue weighted by atomic mass is 35.5. The molecule has 0 spiro atoms. The van der Waals surface area contributed by atoms with Crippen molar-refractivity contribution in [2.75, 3.05) is 11.9 Å². The first-order valence-electron chi connectivity index (χ1n) is 7.00. The summed E-state index contributed by atoms with van der Waals surface area (Å²) in [5, 5.41) is 13.0. The second-order valence-corrected chi connectivity index (χ2v) is 5.84. The van der Waals surface area contributed by atoms with Crippen molar-refractivity contribution in [1.29, 1.82) is 0 Å². The number of para-hydroxylation sites is 1.